The molecule has 2 fully saturated rings. The van der Waals surface area contributed by atoms with Crippen LogP contribution < -0.4 is 15.5 Å². The molecule has 1 aromatic heterocycles. The number of methoxy groups -OCH3 is 1. The number of aromatic nitrogens is 2. The van der Waals surface area contributed by atoms with Gasteiger partial charge in [-0.15, -0.1) is 0 Å². The lowest BCUT2D eigenvalue weighted by Crippen LogP contribution is -2.51. The summed E-state index contributed by atoms with van der Waals surface area (Å²) < 4.78 is 18.3. The number of carbonyl (C=O) groups is 2. The first-order valence-electron chi connectivity index (χ1n) is 16.9. The zero-order valence-electron chi connectivity index (χ0n) is 28.4. The quantitative estimate of drug-likeness (QED) is 0.194. The number of aliphatic hydroxyl groups is 1. The zero-order valence-corrected chi connectivity index (χ0v) is 28.4. The van der Waals surface area contributed by atoms with Gasteiger partial charge >= 0.3 is 12.0 Å². The second-order valence-corrected chi connectivity index (χ2v) is 12.6. The number of amides is 2. The third kappa shape index (κ3) is 8.82. The molecule has 0 radical (unpaired) electrons. The fraction of sp³-hybridized carbons (Fsp3) is 0.368. The molecule has 0 saturated carbocycles. The highest BCUT2D eigenvalue weighted by Gasteiger charge is 2.39. The highest BCUT2D eigenvalue weighted by molar-refractivity contribution is 5.92. The Morgan fingerprint density at radius 3 is 2.34 bits per heavy atom. The molecule has 2 aliphatic rings. The third-order valence-corrected chi connectivity index (χ3v) is 9.26. The number of carbonyl (C=O) groups excluding carboxylic acids is 2. The van der Waals surface area contributed by atoms with Gasteiger partial charge in [0.1, 0.15) is 6.04 Å². The van der Waals surface area contributed by atoms with Crippen molar-refractivity contribution in [3.8, 4) is 0 Å². The van der Waals surface area contributed by atoms with Gasteiger partial charge in [0.25, 0.3) is 0 Å². The Morgan fingerprint density at radius 1 is 0.900 bits per heavy atom. The van der Waals surface area contributed by atoms with Crippen LogP contribution in [-0.2, 0) is 32.0 Å². The molecule has 0 spiro atoms. The molecule has 2 amide bonds. The topological polar surface area (TPSA) is 138 Å². The molecule has 262 valence electrons. The maximum Gasteiger partial charge on any atom is 0.328 e. The fourth-order valence-electron chi connectivity index (χ4n) is 6.44. The average molecular weight is 681 g/mol. The summed E-state index contributed by atoms with van der Waals surface area (Å²) in [7, 11) is 1.30. The SMILES string of the molecule is COC(=O)C(Cc1ccccc1)NC(=O)Nc1cccc(C2OC(CN3CCN(c4ncccn4)CC3)C(C)C(c3ccc(CO)cc3)O2)c1. The van der Waals surface area contributed by atoms with Crippen LogP contribution in [0.2, 0.25) is 0 Å². The summed E-state index contributed by atoms with van der Waals surface area (Å²) in [4.78, 5) is 39.0. The van der Waals surface area contributed by atoms with Gasteiger partial charge in [0.15, 0.2) is 6.29 Å². The number of ether oxygens (including phenoxy) is 3. The van der Waals surface area contributed by atoms with Crippen LogP contribution in [0.3, 0.4) is 0 Å². The molecule has 4 aromatic rings. The van der Waals surface area contributed by atoms with E-state index in [-0.39, 0.29) is 24.7 Å². The van der Waals surface area contributed by atoms with Crippen LogP contribution in [0.25, 0.3) is 0 Å². The van der Waals surface area contributed by atoms with Gasteiger partial charge in [-0.1, -0.05) is 73.7 Å². The number of nitrogens with one attached hydrogen (secondary N) is 2. The Kier molecular flexibility index (Phi) is 11.7. The van der Waals surface area contributed by atoms with Crippen molar-refractivity contribution in [1.29, 1.82) is 0 Å². The maximum absolute atomic E-state index is 13.1. The lowest BCUT2D eigenvalue weighted by atomic mass is 9.90. The minimum atomic E-state index is -0.863. The van der Waals surface area contributed by atoms with Crippen molar-refractivity contribution in [3.05, 3.63) is 120 Å². The van der Waals surface area contributed by atoms with Crippen molar-refractivity contribution in [1.82, 2.24) is 20.2 Å². The summed E-state index contributed by atoms with van der Waals surface area (Å²) in [5.41, 5.74) is 4.00. The van der Waals surface area contributed by atoms with Crippen LogP contribution in [0, 0.1) is 5.92 Å². The lowest BCUT2D eigenvalue weighted by Gasteiger charge is -2.44. The van der Waals surface area contributed by atoms with E-state index >= 15 is 0 Å². The predicted molar refractivity (Wildman–Crippen MR) is 188 cm³/mol. The van der Waals surface area contributed by atoms with E-state index in [1.54, 1.807) is 18.5 Å². The number of benzene rings is 3. The van der Waals surface area contributed by atoms with Gasteiger partial charge in [0.2, 0.25) is 5.95 Å². The van der Waals surface area contributed by atoms with Crippen molar-refractivity contribution in [2.75, 3.05) is 50.1 Å². The Morgan fingerprint density at radius 2 is 1.64 bits per heavy atom. The van der Waals surface area contributed by atoms with Crippen LogP contribution in [0.5, 0.6) is 0 Å². The van der Waals surface area contributed by atoms with Crippen molar-refractivity contribution in [2.45, 2.75) is 44.5 Å². The number of hydrogen-bond donors (Lipinski definition) is 3. The van der Waals surface area contributed by atoms with Gasteiger partial charge in [0, 0.05) is 68.7 Å². The molecular weight excluding hydrogens is 636 g/mol. The molecule has 5 atom stereocenters. The number of esters is 1. The molecule has 12 nitrogen and oxygen atoms in total. The molecule has 12 heteroatoms. The molecule has 3 heterocycles. The van der Waals surface area contributed by atoms with Gasteiger partial charge in [0.05, 0.1) is 25.9 Å². The molecule has 6 rings (SSSR count). The van der Waals surface area contributed by atoms with Crippen molar-refractivity contribution >= 4 is 23.6 Å². The summed E-state index contributed by atoms with van der Waals surface area (Å²) in [6, 6.07) is 25.0. The van der Waals surface area contributed by atoms with E-state index in [2.05, 4.69) is 37.3 Å². The Bertz CT molecular complexity index is 1690. The number of rotatable bonds is 11. The number of nitrogens with zero attached hydrogens (tertiary/aromatic N) is 4. The molecule has 5 unspecified atom stereocenters. The van der Waals surface area contributed by atoms with Gasteiger partial charge in [-0.25, -0.2) is 19.6 Å². The van der Waals surface area contributed by atoms with Crippen molar-refractivity contribution < 1.29 is 28.9 Å². The van der Waals surface area contributed by atoms with E-state index in [1.807, 2.05) is 78.9 Å². The van der Waals surface area contributed by atoms with Crippen LogP contribution in [0.4, 0.5) is 16.4 Å². The van der Waals surface area contributed by atoms with Gasteiger partial charge in [-0.05, 0) is 34.9 Å². The highest BCUT2D eigenvalue weighted by atomic mass is 16.7. The van der Waals surface area contributed by atoms with E-state index in [4.69, 9.17) is 14.2 Å². The average Bonchev–Trinajstić information content (AvgIpc) is 3.16. The maximum atomic E-state index is 13.1. The molecule has 0 bridgehead atoms. The number of hydrogen-bond acceptors (Lipinski definition) is 10. The van der Waals surface area contributed by atoms with Crippen LogP contribution in [0.1, 0.15) is 41.6 Å². The molecule has 0 aliphatic carbocycles. The zero-order chi connectivity index (χ0) is 34.9. The first-order chi connectivity index (χ1) is 24.4. The Balaban J connectivity index is 1.16. The smallest absolute Gasteiger partial charge is 0.328 e. The van der Waals surface area contributed by atoms with Crippen molar-refractivity contribution in [2.24, 2.45) is 5.92 Å². The standard InChI is InChI=1S/C38H44N6O6/c1-26-33(24-43-18-20-44(21-19-43)37-39-16-7-17-40-37)49-36(50-34(26)29-14-12-28(25-45)13-15-29)30-10-6-11-31(23-30)41-38(47)42-32(35(46)48-2)22-27-8-4-3-5-9-27/h3-17,23,26,32-34,36,45H,18-22,24-25H2,1-2H3,(H2,41,42,47). The van der Waals surface area contributed by atoms with Gasteiger partial charge < -0.3 is 34.9 Å². The first kappa shape index (κ1) is 35.0. The molecule has 2 saturated heterocycles. The summed E-state index contributed by atoms with van der Waals surface area (Å²) in [5.74, 6) is 0.233. The fourth-order valence-corrected chi connectivity index (χ4v) is 6.44. The van der Waals surface area contributed by atoms with Crippen LogP contribution in [0.15, 0.2) is 97.3 Å². The minimum absolute atomic E-state index is 0.0219. The third-order valence-electron chi connectivity index (χ3n) is 9.26. The number of piperazine rings is 1. The summed E-state index contributed by atoms with van der Waals surface area (Å²) >= 11 is 0. The molecule has 50 heavy (non-hydrogen) atoms. The molecule has 2 aliphatic heterocycles. The van der Waals surface area contributed by atoms with Crippen LogP contribution in [-0.4, -0.2) is 84.0 Å². The number of aliphatic hydroxyl groups excluding tert-OH is 1. The summed E-state index contributed by atoms with van der Waals surface area (Å²) in [6.07, 6.45) is 2.69. The Labute approximate surface area is 292 Å². The monoisotopic (exact) mass is 680 g/mol. The minimum Gasteiger partial charge on any atom is -0.467 e. The molecule has 3 N–H and O–H groups in total. The molecule has 3 aromatic carbocycles. The number of urea groups is 1. The van der Waals surface area contributed by atoms with Crippen molar-refractivity contribution in [3.63, 3.8) is 0 Å². The van der Waals surface area contributed by atoms with E-state index < -0.39 is 24.3 Å². The van der Waals surface area contributed by atoms with E-state index in [1.165, 1.54) is 7.11 Å². The summed E-state index contributed by atoms with van der Waals surface area (Å²) in [5, 5.41) is 15.2. The normalized spacial score (nSPS) is 21.6. The largest absolute Gasteiger partial charge is 0.467 e. The van der Waals surface area contributed by atoms with E-state index in [9.17, 15) is 14.7 Å². The highest BCUT2D eigenvalue weighted by Crippen LogP contribution is 2.42. The van der Waals surface area contributed by atoms with Crippen LogP contribution >= 0.6 is 0 Å². The number of anilines is 2. The first-order valence-corrected chi connectivity index (χ1v) is 16.9. The Hall–Kier alpha value is -4.88. The summed E-state index contributed by atoms with van der Waals surface area (Å²) in [6.45, 7) is 6.15. The van der Waals surface area contributed by atoms with Gasteiger partial charge in [-0.3, -0.25) is 4.90 Å². The van der Waals surface area contributed by atoms with Gasteiger partial charge in [-0.2, -0.15) is 0 Å². The lowest BCUT2D eigenvalue weighted by molar-refractivity contribution is -0.276. The van der Waals surface area contributed by atoms with E-state index in [0.29, 0.717) is 18.7 Å². The second-order valence-electron chi connectivity index (χ2n) is 12.6. The predicted octanol–water partition coefficient (Wildman–Crippen LogP) is 4.49. The second kappa shape index (κ2) is 16.7. The molecular formula is C38H44N6O6. The van der Waals surface area contributed by atoms with E-state index in [0.717, 1.165) is 54.4 Å².